The minimum Gasteiger partial charge on any atom is -0.323 e. The predicted octanol–water partition coefficient (Wildman–Crippen LogP) is 5.57. The van der Waals surface area contributed by atoms with Crippen LogP contribution in [-0.4, -0.2) is 26.0 Å². The first-order chi connectivity index (χ1) is 15.0. The molecule has 0 aliphatic carbocycles. The number of thiophene rings is 1. The van der Waals surface area contributed by atoms with Crippen LogP contribution >= 0.6 is 34.7 Å². The molecule has 0 unspecified atom stereocenters. The lowest BCUT2D eigenvalue weighted by Crippen LogP contribution is -2.19. The van der Waals surface area contributed by atoms with E-state index in [-0.39, 0.29) is 22.3 Å². The summed E-state index contributed by atoms with van der Waals surface area (Å²) in [6.07, 6.45) is 0. The molecule has 31 heavy (non-hydrogen) atoms. The number of aromatic nitrogens is 3. The third kappa shape index (κ3) is 4.93. The molecule has 0 radical (unpaired) electrons. The van der Waals surface area contributed by atoms with E-state index in [9.17, 15) is 14.9 Å². The van der Waals surface area contributed by atoms with Crippen LogP contribution < -0.4 is 5.32 Å². The maximum Gasteiger partial charge on any atom is 0.271 e. The zero-order chi connectivity index (χ0) is 21.8. The van der Waals surface area contributed by atoms with Crippen LogP contribution in [0.5, 0.6) is 0 Å². The fourth-order valence-corrected chi connectivity index (χ4v) is 4.54. The van der Waals surface area contributed by atoms with Gasteiger partial charge in [-0.05, 0) is 23.1 Å². The van der Waals surface area contributed by atoms with Crippen molar-refractivity contribution in [3.8, 4) is 10.7 Å². The van der Waals surface area contributed by atoms with Gasteiger partial charge in [-0.3, -0.25) is 20.0 Å². The average molecular weight is 472 g/mol. The van der Waals surface area contributed by atoms with Gasteiger partial charge in [-0.2, -0.15) is 0 Å². The van der Waals surface area contributed by atoms with Gasteiger partial charge in [-0.25, -0.2) is 4.98 Å². The largest absolute Gasteiger partial charge is 0.323 e. The van der Waals surface area contributed by atoms with Crippen LogP contribution in [0.15, 0.2) is 71.2 Å². The van der Waals surface area contributed by atoms with E-state index < -0.39 is 10.2 Å². The number of rotatable bonds is 7. The Labute approximate surface area is 189 Å². The number of amides is 1. The minimum atomic E-state index is -0.667. The number of carbonyl (C=O) groups excluding carboxylic acids is 1. The molecule has 0 aliphatic heterocycles. The summed E-state index contributed by atoms with van der Waals surface area (Å²) < 4.78 is 0. The van der Waals surface area contributed by atoms with E-state index in [2.05, 4.69) is 20.5 Å². The summed E-state index contributed by atoms with van der Waals surface area (Å²) in [4.78, 5) is 28.9. The van der Waals surface area contributed by atoms with E-state index in [0.29, 0.717) is 11.0 Å². The fourth-order valence-electron chi connectivity index (χ4n) is 2.75. The number of anilines is 1. The van der Waals surface area contributed by atoms with Crippen LogP contribution in [0.4, 0.5) is 11.4 Å². The van der Waals surface area contributed by atoms with Crippen molar-refractivity contribution in [2.45, 2.75) is 10.4 Å². The zero-order valence-corrected chi connectivity index (χ0v) is 18.1. The lowest BCUT2D eigenvalue weighted by atomic mass is 10.1. The molecule has 1 amide bonds. The number of halogens is 1. The van der Waals surface area contributed by atoms with Crippen molar-refractivity contribution in [3.63, 3.8) is 0 Å². The molecule has 2 heterocycles. The predicted molar refractivity (Wildman–Crippen MR) is 121 cm³/mol. The Morgan fingerprint density at radius 3 is 2.68 bits per heavy atom. The summed E-state index contributed by atoms with van der Waals surface area (Å²) in [5, 5.41) is 22.6. The molecule has 0 saturated heterocycles. The maximum atomic E-state index is 13.1. The lowest BCUT2D eigenvalue weighted by Gasteiger charge is -2.16. The summed E-state index contributed by atoms with van der Waals surface area (Å²) in [5.74, 6) is 0.276. The van der Waals surface area contributed by atoms with E-state index in [0.717, 1.165) is 10.4 Å². The second kappa shape index (κ2) is 9.29. The molecule has 156 valence electrons. The number of nitrogens with one attached hydrogen (secondary N) is 2. The van der Waals surface area contributed by atoms with E-state index in [4.69, 9.17) is 11.6 Å². The third-order valence-corrected chi connectivity index (χ3v) is 6.51. The molecule has 11 heteroatoms. The first-order valence-electron chi connectivity index (χ1n) is 8.94. The first-order valence-corrected chi connectivity index (χ1v) is 11.1. The van der Waals surface area contributed by atoms with E-state index in [1.165, 1.54) is 41.3 Å². The van der Waals surface area contributed by atoms with Crippen molar-refractivity contribution in [3.05, 3.63) is 86.7 Å². The second-order valence-electron chi connectivity index (χ2n) is 6.26. The highest BCUT2D eigenvalue weighted by Gasteiger charge is 2.25. The summed E-state index contributed by atoms with van der Waals surface area (Å²) in [6, 6.07) is 16.9. The third-order valence-electron chi connectivity index (χ3n) is 4.20. The smallest absolute Gasteiger partial charge is 0.271 e. The van der Waals surface area contributed by atoms with Gasteiger partial charge in [-0.15, -0.1) is 16.4 Å². The SMILES string of the molecule is O=C(Nc1ccc([N+](=O)[O-])cc1Cl)[C@H](Sc1n[nH]c(-c2cccs2)n1)c1ccccc1. The van der Waals surface area contributed by atoms with Gasteiger partial charge in [0.25, 0.3) is 5.69 Å². The quantitative estimate of drug-likeness (QED) is 0.207. The van der Waals surface area contributed by atoms with Crippen LogP contribution in [0.25, 0.3) is 10.7 Å². The summed E-state index contributed by atoms with van der Waals surface area (Å²) >= 11 is 8.86. The van der Waals surface area contributed by atoms with E-state index in [1.54, 1.807) is 0 Å². The number of aromatic amines is 1. The summed E-state index contributed by atoms with van der Waals surface area (Å²) in [7, 11) is 0. The maximum absolute atomic E-state index is 13.1. The highest BCUT2D eigenvalue weighted by molar-refractivity contribution is 8.00. The molecule has 0 aliphatic rings. The Balaban J connectivity index is 1.58. The van der Waals surface area contributed by atoms with Crippen LogP contribution in [0.3, 0.4) is 0 Å². The van der Waals surface area contributed by atoms with Gasteiger partial charge in [0.05, 0.1) is 20.5 Å². The Bertz CT molecular complexity index is 1210. The van der Waals surface area contributed by atoms with Crippen LogP contribution in [0.1, 0.15) is 10.8 Å². The van der Waals surface area contributed by atoms with Crippen molar-refractivity contribution in [1.82, 2.24) is 15.2 Å². The van der Waals surface area contributed by atoms with Gasteiger partial charge < -0.3 is 5.32 Å². The molecule has 0 spiro atoms. The molecule has 0 bridgehead atoms. The normalized spacial score (nSPS) is 11.8. The van der Waals surface area contributed by atoms with Gasteiger partial charge in [0.1, 0.15) is 5.25 Å². The second-order valence-corrected chi connectivity index (χ2v) is 8.69. The lowest BCUT2D eigenvalue weighted by molar-refractivity contribution is -0.384. The van der Waals surface area contributed by atoms with Crippen molar-refractivity contribution < 1.29 is 9.72 Å². The number of hydrogen-bond donors (Lipinski definition) is 2. The Morgan fingerprint density at radius 2 is 2.00 bits per heavy atom. The van der Waals surface area contributed by atoms with Crippen molar-refractivity contribution >= 4 is 52.0 Å². The molecular formula is C20H14ClN5O3S2. The van der Waals surface area contributed by atoms with E-state index >= 15 is 0 Å². The van der Waals surface area contributed by atoms with Gasteiger partial charge in [0, 0.05) is 12.1 Å². The molecular weight excluding hydrogens is 458 g/mol. The summed E-state index contributed by atoms with van der Waals surface area (Å²) in [5.41, 5.74) is 0.886. The number of nitro benzene ring substituents is 1. The minimum absolute atomic E-state index is 0.0808. The zero-order valence-electron chi connectivity index (χ0n) is 15.7. The number of benzene rings is 2. The molecule has 8 nitrogen and oxygen atoms in total. The molecule has 0 saturated carbocycles. The number of nitro groups is 1. The summed E-state index contributed by atoms with van der Waals surface area (Å²) in [6.45, 7) is 0. The monoisotopic (exact) mass is 471 g/mol. The number of hydrogen-bond acceptors (Lipinski definition) is 7. The molecule has 0 fully saturated rings. The highest BCUT2D eigenvalue weighted by Crippen LogP contribution is 2.36. The molecule has 1 atom stereocenters. The van der Waals surface area contributed by atoms with Crippen molar-refractivity contribution in [2.75, 3.05) is 5.32 Å². The topological polar surface area (TPSA) is 114 Å². The highest BCUT2D eigenvalue weighted by atomic mass is 35.5. The van der Waals surface area contributed by atoms with Gasteiger partial charge in [-0.1, -0.05) is 59.8 Å². The van der Waals surface area contributed by atoms with Crippen LogP contribution in [0.2, 0.25) is 5.02 Å². The number of thioether (sulfide) groups is 1. The van der Waals surface area contributed by atoms with Crippen LogP contribution in [0, 0.1) is 10.1 Å². The van der Waals surface area contributed by atoms with Gasteiger partial charge >= 0.3 is 0 Å². The number of non-ortho nitro benzene ring substituents is 1. The average Bonchev–Trinajstić information content (AvgIpc) is 3.46. The number of H-pyrrole nitrogens is 1. The standard InChI is InChI=1S/C20H14ClN5O3S2/c21-14-11-13(26(28)29)8-9-15(14)22-19(27)17(12-5-2-1-3-6-12)31-20-23-18(24-25-20)16-7-4-10-30-16/h1-11,17H,(H,22,27)(H,23,24,25)/t17-/m1/s1. The van der Waals surface area contributed by atoms with Crippen molar-refractivity contribution in [2.24, 2.45) is 0 Å². The first kappa shape index (κ1) is 21.0. The van der Waals surface area contributed by atoms with Crippen molar-refractivity contribution in [1.29, 1.82) is 0 Å². The van der Waals surface area contributed by atoms with E-state index in [1.807, 2.05) is 47.8 Å². The van der Waals surface area contributed by atoms with Crippen LogP contribution in [-0.2, 0) is 4.79 Å². The molecule has 4 aromatic rings. The van der Waals surface area contributed by atoms with Gasteiger partial charge in [0.15, 0.2) is 5.82 Å². The number of nitrogens with zero attached hydrogens (tertiary/aromatic N) is 3. The molecule has 2 aromatic heterocycles. The molecule has 4 rings (SSSR count). The molecule has 2 N–H and O–H groups in total. The Hall–Kier alpha value is -3.21. The van der Waals surface area contributed by atoms with Gasteiger partial charge in [0.2, 0.25) is 11.1 Å². The Kier molecular flexibility index (Phi) is 6.31. The molecule has 2 aromatic carbocycles. The fraction of sp³-hybridized carbons (Fsp3) is 0.0500. The Morgan fingerprint density at radius 1 is 1.19 bits per heavy atom. The number of carbonyl (C=O) groups is 1.